The van der Waals surface area contributed by atoms with Crippen LogP contribution in [0.5, 0.6) is 5.75 Å². The van der Waals surface area contributed by atoms with E-state index in [0.717, 1.165) is 34.0 Å². The molecule has 0 amide bonds. The van der Waals surface area contributed by atoms with Crippen LogP contribution in [0.1, 0.15) is 23.6 Å². The first-order valence-electron chi connectivity index (χ1n) is 10.9. The van der Waals surface area contributed by atoms with E-state index in [9.17, 15) is 19.5 Å². The summed E-state index contributed by atoms with van der Waals surface area (Å²) in [5, 5.41) is 11.9. The highest BCUT2D eigenvalue weighted by Gasteiger charge is 2.53. The molecule has 0 aliphatic carbocycles. The highest BCUT2D eigenvalue weighted by molar-refractivity contribution is 6.53. The molecule has 10 heteroatoms. The lowest BCUT2D eigenvalue weighted by Gasteiger charge is -2.24. The SMILES string of the molecule is Cc1ccc([Si]OC(=O)C(C)(C(=O)O[Si]c2ccc(C)cc2)C(=O)O[Si]c2ccc(C)cc2O)cc1. The third kappa shape index (κ3) is 6.80. The standard InChI is InChI=1S/C26H24O7Si3/c1-16-5-10-19(11-6-16)34-31-23(28)26(4,24(29)32-35-20-12-7-17(2)8-13-20)25(30)33-36-22-14-9-18(3)15-21(22)27/h5-15,27H,1-4H3. The Morgan fingerprint density at radius 2 is 1.03 bits per heavy atom. The van der Waals surface area contributed by atoms with E-state index in [-0.39, 0.29) is 5.75 Å². The first-order valence-corrected chi connectivity index (χ1v) is 13.7. The van der Waals surface area contributed by atoms with E-state index in [2.05, 4.69) is 0 Å². The number of phenols is 1. The summed E-state index contributed by atoms with van der Waals surface area (Å²) in [6.45, 7) is 6.82. The molecule has 0 bridgehead atoms. The zero-order valence-corrected chi connectivity index (χ0v) is 23.2. The number of phenolic OH excluding ortho intramolecular Hbond substituents is 1. The number of aryl methyl sites for hydroxylation is 3. The lowest BCUT2D eigenvalue weighted by atomic mass is 9.91. The van der Waals surface area contributed by atoms with E-state index >= 15 is 0 Å². The minimum Gasteiger partial charge on any atom is -0.510 e. The second-order valence-corrected chi connectivity index (χ2v) is 11.3. The zero-order valence-electron chi connectivity index (χ0n) is 20.2. The van der Waals surface area contributed by atoms with Gasteiger partial charge < -0.3 is 18.4 Å². The Hall–Kier alpha value is -3.48. The maximum atomic E-state index is 13.1. The van der Waals surface area contributed by atoms with Gasteiger partial charge in [0.15, 0.2) is 0 Å². The Morgan fingerprint density at radius 1 is 0.639 bits per heavy atom. The molecular weight excluding hydrogens is 509 g/mol. The minimum absolute atomic E-state index is 0.0466. The van der Waals surface area contributed by atoms with Crippen LogP contribution in [0.3, 0.4) is 0 Å². The molecule has 6 radical (unpaired) electrons. The van der Waals surface area contributed by atoms with Crippen LogP contribution in [0.25, 0.3) is 0 Å². The number of aromatic hydroxyl groups is 1. The number of hydrogen-bond acceptors (Lipinski definition) is 7. The normalized spacial score (nSPS) is 11.0. The third-order valence-corrected chi connectivity index (χ3v) is 7.90. The predicted octanol–water partition coefficient (Wildman–Crippen LogP) is 1.09. The van der Waals surface area contributed by atoms with Gasteiger partial charge in [-0.3, -0.25) is 14.4 Å². The van der Waals surface area contributed by atoms with Gasteiger partial charge in [-0.15, -0.1) is 0 Å². The molecule has 1 N–H and O–H groups in total. The molecule has 0 atom stereocenters. The van der Waals surface area contributed by atoms with Crippen molar-refractivity contribution in [2.24, 2.45) is 5.41 Å². The second-order valence-electron chi connectivity index (χ2n) is 8.35. The molecule has 3 aromatic carbocycles. The summed E-state index contributed by atoms with van der Waals surface area (Å²) < 4.78 is 16.1. The average molecular weight is 533 g/mol. The molecule has 182 valence electrons. The van der Waals surface area contributed by atoms with E-state index in [0.29, 0.717) is 5.19 Å². The van der Waals surface area contributed by atoms with Crippen molar-refractivity contribution >= 4 is 62.8 Å². The third-order valence-electron chi connectivity index (χ3n) is 5.26. The summed E-state index contributed by atoms with van der Waals surface area (Å²) in [5.74, 6) is -3.29. The van der Waals surface area contributed by atoms with Crippen molar-refractivity contribution < 1.29 is 32.8 Å². The van der Waals surface area contributed by atoms with Gasteiger partial charge in [-0.25, -0.2) is 0 Å². The molecule has 0 aliphatic heterocycles. The molecule has 0 fully saturated rings. The Morgan fingerprint density at radius 3 is 1.44 bits per heavy atom. The number of carbonyl (C=O) groups is 3. The van der Waals surface area contributed by atoms with E-state index < -0.39 is 52.6 Å². The Labute approximate surface area is 217 Å². The van der Waals surface area contributed by atoms with E-state index in [1.54, 1.807) is 36.4 Å². The quantitative estimate of drug-likeness (QED) is 0.325. The number of hydrogen-bond donors (Lipinski definition) is 1. The zero-order chi connectivity index (χ0) is 26.3. The van der Waals surface area contributed by atoms with Crippen molar-refractivity contribution in [1.29, 1.82) is 0 Å². The maximum absolute atomic E-state index is 13.1. The van der Waals surface area contributed by atoms with Crippen molar-refractivity contribution in [2.45, 2.75) is 27.7 Å². The van der Waals surface area contributed by atoms with Gasteiger partial charge in [0.05, 0.1) is 0 Å². The molecule has 0 saturated heterocycles. The van der Waals surface area contributed by atoms with Crippen LogP contribution in [0.15, 0.2) is 66.7 Å². The van der Waals surface area contributed by atoms with E-state index in [1.165, 1.54) is 6.07 Å². The van der Waals surface area contributed by atoms with Crippen LogP contribution >= 0.6 is 0 Å². The highest BCUT2D eigenvalue weighted by Crippen LogP contribution is 2.23. The van der Waals surface area contributed by atoms with Crippen LogP contribution in [0.4, 0.5) is 0 Å². The summed E-state index contributed by atoms with van der Waals surface area (Å²) in [7, 11) is -1.46. The summed E-state index contributed by atoms with van der Waals surface area (Å²) in [5.41, 5.74) is 0.579. The van der Waals surface area contributed by atoms with Crippen molar-refractivity contribution in [1.82, 2.24) is 0 Å². The lowest BCUT2D eigenvalue weighted by molar-refractivity contribution is -0.170. The molecule has 0 spiro atoms. The Bertz CT molecular complexity index is 1180. The number of rotatable bonds is 9. The molecule has 7 nitrogen and oxygen atoms in total. The number of carbonyl (C=O) groups excluding carboxylic acids is 3. The van der Waals surface area contributed by atoms with Gasteiger partial charge in [-0.05, 0) is 49.7 Å². The van der Waals surface area contributed by atoms with Crippen LogP contribution in [-0.2, 0) is 27.7 Å². The largest absolute Gasteiger partial charge is 0.510 e. The molecule has 0 saturated carbocycles. The Kier molecular flexibility index (Phi) is 9.02. The summed E-state index contributed by atoms with van der Waals surface area (Å²) in [6, 6.07) is 19.6. The summed E-state index contributed by atoms with van der Waals surface area (Å²) in [4.78, 5) is 39.3. The Balaban J connectivity index is 1.77. The molecule has 0 aromatic heterocycles. The average Bonchev–Trinajstić information content (AvgIpc) is 2.86. The molecule has 0 unspecified atom stereocenters. The van der Waals surface area contributed by atoms with Crippen LogP contribution in [0, 0.1) is 26.2 Å². The van der Waals surface area contributed by atoms with Crippen molar-refractivity contribution in [3.05, 3.63) is 83.4 Å². The fourth-order valence-corrected chi connectivity index (χ4v) is 5.01. The van der Waals surface area contributed by atoms with Crippen molar-refractivity contribution in [3.63, 3.8) is 0 Å². The summed E-state index contributed by atoms with van der Waals surface area (Å²) in [6.07, 6.45) is 0. The van der Waals surface area contributed by atoms with Gasteiger partial charge in [-0.2, -0.15) is 0 Å². The molecular formula is C26H24O7Si3. The first-order chi connectivity index (χ1) is 17.1. The lowest BCUT2D eigenvalue weighted by Crippen LogP contribution is -2.49. The first kappa shape index (κ1) is 27.1. The molecule has 0 aliphatic rings. The monoisotopic (exact) mass is 532 g/mol. The molecule has 3 aromatic rings. The van der Waals surface area contributed by atoms with Crippen LogP contribution in [0.2, 0.25) is 0 Å². The van der Waals surface area contributed by atoms with Gasteiger partial charge in [0, 0.05) is 5.19 Å². The minimum atomic E-state index is -2.34. The highest BCUT2D eigenvalue weighted by atomic mass is 28.2. The second kappa shape index (κ2) is 12.0. The molecule has 0 heterocycles. The smallest absolute Gasteiger partial charge is 0.359 e. The van der Waals surface area contributed by atoms with Crippen LogP contribution < -0.4 is 15.6 Å². The summed E-state index contributed by atoms with van der Waals surface area (Å²) >= 11 is 0. The molecule has 36 heavy (non-hydrogen) atoms. The van der Waals surface area contributed by atoms with Gasteiger partial charge in [0.25, 0.3) is 5.41 Å². The topological polar surface area (TPSA) is 99.1 Å². The van der Waals surface area contributed by atoms with Crippen molar-refractivity contribution in [3.8, 4) is 5.75 Å². The fraction of sp³-hybridized carbons (Fsp3) is 0.192. The van der Waals surface area contributed by atoms with E-state index in [4.69, 9.17) is 13.3 Å². The van der Waals surface area contributed by atoms with Gasteiger partial charge in [0.1, 0.15) is 5.75 Å². The fourth-order valence-electron chi connectivity index (χ4n) is 2.84. The van der Waals surface area contributed by atoms with Gasteiger partial charge in [0.2, 0.25) is 0 Å². The molecule has 3 rings (SSSR count). The van der Waals surface area contributed by atoms with E-state index in [1.807, 2.05) is 45.0 Å². The predicted molar refractivity (Wildman–Crippen MR) is 138 cm³/mol. The van der Waals surface area contributed by atoms with Gasteiger partial charge >= 0.3 is 47.2 Å². The number of benzene rings is 3. The van der Waals surface area contributed by atoms with Crippen molar-refractivity contribution in [2.75, 3.05) is 0 Å². The van der Waals surface area contributed by atoms with Gasteiger partial charge in [-0.1, -0.05) is 71.8 Å². The maximum Gasteiger partial charge on any atom is 0.359 e. The van der Waals surface area contributed by atoms with Crippen LogP contribution in [-0.4, -0.2) is 52.3 Å².